The molecule has 5 heteroatoms. The van der Waals surface area contributed by atoms with E-state index in [4.69, 9.17) is 4.52 Å². The molecule has 0 spiro atoms. The van der Waals surface area contributed by atoms with Gasteiger partial charge in [0.1, 0.15) is 5.76 Å². The molecule has 0 aliphatic carbocycles. The van der Waals surface area contributed by atoms with Crippen LogP contribution < -0.4 is 5.69 Å². The van der Waals surface area contributed by atoms with Crippen molar-refractivity contribution < 1.29 is 4.52 Å². The smallest absolute Gasteiger partial charge is 0.328 e. The van der Waals surface area contributed by atoms with Crippen LogP contribution in [-0.2, 0) is 13.1 Å². The van der Waals surface area contributed by atoms with E-state index in [0.29, 0.717) is 13.1 Å². The summed E-state index contributed by atoms with van der Waals surface area (Å²) in [5.74, 6) is 0.772. The van der Waals surface area contributed by atoms with Gasteiger partial charge in [-0.05, 0) is 20.8 Å². The van der Waals surface area contributed by atoms with Crippen molar-refractivity contribution in [1.82, 2.24) is 14.3 Å². The summed E-state index contributed by atoms with van der Waals surface area (Å²) in [6, 6.07) is 0. The fourth-order valence-corrected chi connectivity index (χ4v) is 1.71. The number of aromatic nitrogens is 3. The third-order valence-corrected chi connectivity index (χ3v) is 2.77. The highest BCUT2D eigenvalue weighted by Crippen LogP contribution is 2.12. The van der Waals surface area contributed by atoms with E-state index in [1.165, 1.54) is 0 Å². The maximum absolute atomic E-state index is 11.8. The Morgan fingerprint density at radius 1 is 1.31 bits per heavy atom. The van der Waals surface area contributed by atoms with E-state index in [9.17, 15) is 4.79 Å². The van der Waals surface area contributed by atoms with E-state index in [0.717, 1.165) is 17.0 Å². The molecule has 0 aliphatic heterocycles. The van der Waals surface area contributed by atoms with Crippen molar-refractivity contribution in [1.29, 1.82) is 0 Å². The van der Waals surface area contributed by atoms with Crippen LogP contribution >= 0.6 is 0 Å². The van der Waals surface area contributed by atoms with Crippen LogP contribution in [0.3, 0.4) is 0 Å². The Hall–Kier alpha value is -1.78. The maximum atomic E-state index is 11.8. The normalized spacial score (nSPS) is 10.9. The van der Waals surface area contributed by atoms with Gasteiger partial charge in [0, 0.05) is 24.5 Å². The van der Waals surface area contributed by atoms with Crippen molar-refractivity contribution in [3.63, 3.8) is 0 Å². The molecule has 0 unspecified atom stereocenters. The molecule has 2 aromatic heterocycles. The summed E-state index contributed by atoms with van der Waals surface area (Å²) in [6.45, 7) is 6.90. The van der Waals surface area contributed by atoms with Gasteiger partial charge < -0.3 is 4.52 Å². The average molecular weight is 221 g/mol. The molecule has 0 aliphatic rings. The monoisotopic (exact) mass is 221 g/mol. The van der Waals surface area contributed by atoms with Gasteiger partial charge in [-0.1, -0.05) is 5.16 Å². The molecule has 2 rings (SSSR count). The van der Waals surface area contributed by atoms with E-state index >= 15 is 0 Å². The molecule has 0 amide bonds. The lowest BCUT2D eigenvalue weighted by Gasteiger charge is -2.00. The standard InChI is InChI=1S/C11H15N3O2/c1-4-13-5-6-14(11(13)15)7-10-8(2)12-16-9(10)3/h5-6H,4,7H2,1-3H3. The van der Waals surface area contributed by atoms with Crippen molar-refractivity contribution >= 4 is 0 Å². The Bertz CT molecular complexity index is 528. The Balaban J connectivity index is 2.34. The van der Waals surface area contributed by atoms with E-state index < -0.39 is 0 Å². The van der Waals surface area contributed by atoms with Crippen molar-refractivity contribution in [3.05, 3.63) is 39.9 Å². The zero-order chi connectivity index (χ0) is 11.7. The van der Waals surface area contributed by atoms with Crippen molar-refractivity contribution in [2.24, 2.45) is 0 Å². The van der Waals surface area contributed by atoms with Crippen molar-refractivity contribution in [2.75, 3.05) is 0 Å². The molecule has 5 nitrogen and oxygen atoms in total. The molecule has 0 fully saturated rings. The van der Waals surface area contributed by atoms with Gasteiger partial charge in [0.05, 0.1) is 12.2 Å². The van der Waals surface area contributed by atoms with Gasteiger partial charge in [0.2, 0.25) is 0 Å². The van der Waals surface area contributed by atoms with E-state index in [2.05, 4.69) is 5.16 Å². The second-order valence-corrected chi connectivity index (χ2v) is 3.80. The minimum Gasteiger partial charge on any atom is -0.361 e. The van der Waals surface area contributed by atoms with Crippen LogP contribution in [0.15, 0.2) is 21.7 Å². The third-order valence-electron chi connectivity index (χ3n) is 2.77. The highest BCUT2D eigenvalue weighted by molar-refractivity contribution is 5.21. The molecular formula is C11H15N3O2. The lowest BCUT2D eigenvalue weighted by molar-refractivity contribution is 0.392. The third kappa shape index (κ3) is 1.68. The lowest BCUT2D eigenvalue weighted by Crippen LogP contribution is -2.24. The Kier molecular flexibility index (Phi) is 2.68. The highest BCUT2D eigenvalue weighted by atomic mass is 16.5. The van der Waals surface area contributed by atoms with Crippen molar-refractivity contribution in [3.8, 4) is 0 Å². The quantitative estimate of drug-likeness (QED) is 0.785. The first-order valence-corrected chi connectivity index (χ1v) is 5.30. The number of imidazole rings is 1. The largest absolute Gasteiger partial charge is 0.361 e. The van der Waals surface area contributed by atoms with Crippen LogP contribution in [0.1, 0.15) is 23.9 Å². The average Bonchev–Trinajstić information content (AvgIpc) is 2.77. The van der Waals surface area contributed by atoms with Gasteiger partial charge >= 0.3 is 5.69 Å². The second-order valence-electron chi connectivity index (χ2n) is 3.80. The molecule has 0 aromatic carbocycles. The summed E-state index contributed by atoms with van der Waals surface area (Å²) in [6.07, 6.45) is 3.58. The lowest BCUT2D eigenvalue weighted by atomic mass is 10.2. The number of nitrogens with zero attached hydrogens (tertiary/aromatic N) is 3. The number of hydrogen-bond acceptors (Lipinski definition) is 3. The van der Waals surface area contributed by atoms with Gasteiger partial charge in [0.25, 0.3) is 0 Å². The van der Waals surface area contributed by atoms with Crippen LogP contribution in [0.25, 0.3) is 0 Å². The van der Waals surface area contributed by atoms with Crippen LogP contribution in [0.5, 0.6) is 0 Å². The van der Waals surface area contributed by atoms with Crippen LogP contribution in [-0.4, -0.2) is 14.3 Å². The SMILES string of the molecule is CCn1ccn(Cc2c(C)noc2C)c1=O. The fraction of sp³-hybridized carbons (Fsp3) is 0.455. The van der Waals surface area contributed by atoms with Crippen LogP contribution in [0, 0.1) is 13.8 Å². The van der Waals surface area contributed by atoms with Gasteiger partial charge in [-0.15, -0.1) is 0 Å². The minimum absolute atomic E-state index is 0.00231. The topological polar surface area (TPSA) is 53.0 Å². The first kappa shape index (κ1) is 10.7. The van der Waals surface area contributed by atoms with E-state index in [1.54, 1.807) is 21.5 Å². The highest BCUT2D eigenvalue weighted by Gasteiger charge is 2.11. The fourth-order valence-electron chi connectivity index (χ4n) is 1.71. The van der Waals surface area contributed by atoms with E-state index in [1.807, 2.05) is 20.8 Å². The Labute approximate surface area is 93.3 Å². The molecule has 2 aromatic rings. The summed E-state index contributed by atoms with van der Waals surface area (Å²) in [5, 5.41) is 3.87. The number of rotatable bonds is 3. The first-order chi connectivity index (χ1) is 7.63. The summed E-state index contributed by atoms with van der Waals surface area (Å²) >= 11 is 0. The summed E-state index contributed by atoms with van der Waals surface area (Å²) in [4.78, 5) is 11.8. The second kappa shape index (κ2) is 4.00. The summed E-state index contributed by atoms with van der Waals surface area (Å²) < 4.78 is 8.40. The molecule has 0 atom stereocenters. The Morgan fingerprint density at radius 3 is 2.50 bits per heavy atom. The molecule has 0 bridgehead atoms. The minimum atomic E-state index is 0.00231. The number of hydrogen-bond donors (Lipinski definition) is 0. The van der Waals surface area contributed by atoms with E-state index in [-0.39, 0.29) is 5.69 Å². The molecule has 0 saturated heterocycles. The molecule has 0 radical (unpaired) electrons. The zero-order valence-corrected chi connectivity index (χ0v) is 9.73. The summed E-state index contributed by atoms with van der Waals surface area (Å²) in [5.41, 5.74) is 1.83. The predicted octanol–water partition coefficient (Wildman–Crippen LogP) is 1.32. The van der Waals surface area contributed by atoms with Gasteiger partial charge in [0.15, 0.2) is 0 Å². The van der Waals surface area contributed by atoms with Gasteiger partial charge in [-0.25, -0.2) is 4.79 Å². The zero-order valence-electron chi connectivity index (χ0n) is 9.73. The molecular weight excluding hydrogens is 206 g/mol. The molecule has 16 heavy (non-hydrogen) atoms. The van der Waals surface area contributed by atoms with Gasteiger partial charge in [-0.3, -0.25) is 9.13 Å². The molecule has 0 N–H and O–H groups in total. The Morgan fingerprint density at radius 2 is 2.00 bits per heavy atom. The van der Waals surface area contributed by atoms with Crippen LogP contribution in [0.2, 0.25) is 0 Å². The molecule has 0 saturated carbocycles. The van der Waals surface area contributed by atoms with Gasteiger partial charge in [-0.2, -0.15) is 0 Å². The first-order valence-electron chi connectivity index (χ1n) is 5.30. The molecule has 86 valence electrons. The summed E-state index contributed by atoms with van der Waals surface area (Å²) in [7, 11) is 0. The maximum Gasteiger partial charge on any atom is 0.328 e. The predicted molar refractivity (Wildman–Crippen MR) is 59.4 cm³/mol. The number of aryl methyl sites for hydroxylation is 3. The van der Waals surface area contributed by atoms with Crippen molar-refractivity contribution in [2.45, 2.75) is 33.9 Å². The van der Waals surface area contributed by atoms with Crippen LogP contribution in [0.4, 0.5) is 0 Å². The molecule has 2 heterocycles.